The molecule has 1 aliphatic rings. The number of H-pyrrole nitrogens is 1. The van der Waals surface area contributed by atoms with Crippen LogP contribution in [-0.2, 0) is 13.0 Å². The number of rotatable bonds is 6. The summed E-state index contributed by atoms with van der Waals surface area (Å²) in [5, 5.41) is 0. The molecule has 0 spiro atoms. The normalized spacial score (nSPS) is 13.9. The van der Waals surface area contributed by atoms with E-state index in [1.165, 1.54) is 42.7 Å². The lowest BCUT2D eigenvalue weighted by atomic mass is 10.0. The van der Waals surface area contributed by atoms with Crippen LogP contribution in [0.25, 0.3) is 22.3 Å². The smallest absolute Gasteiger partial charge is 0.107 e. The minimum absolute atomic E-state index is 0.892. The first kappa shape index (κ1) is 17.7. The molecule has 0 atom stereocenters. The minimum Gasteiger partial charge on any atom is -0.372 e. The molecule has 0 bridgehead atoms. The highest BCUT2D eigenvalue weighted by Gasteiger charge is 2.12. The van der Waals surface area contributed by atoms with E-state index in [4.69, 9.17) is 0 Å². The van der Waals surface area contributed by atoms with E-state index in [1.54, 1.807) is 6.20 Å². The maximum atomic E-state index is 4.50. The second kappa shape index (κ2) is 7.95. The Hall–Kier alpha value is -3.34. The SMILES string of the molecule is c1c[nH]c(CCn2ccc(-c3cncc(-c4ccc(N5CCCC5)cc4)c3)c2)n1. The molecule has 4 aromatic rings. The first-order valence-electron chi connectivity index (χ1n) is 10.3. The van der Waals surface area contributed by atoms with Gasteiger partial charge >= 0.3 is 0 Å². The van der Waals surface area contributed by atoms with Gasteiger partial charge in [-0.2, -0.15) is 0 Å². The maximum absolute atomic E-state index is 4.50. The monoisotopic (exact) mass is 383 g/mol. The van der Waals surface area contributed by atoms with Gasteiger partial charge in [-0.1, -0.05) is 12.1 Å². The van der Waals surface area contributed by atoms with Crippen molar-refractivity contribution in [2.75, 3.05) is 18.0 Å². The maximum Gasteiger partial charge on any atom is 0.107 e. The molecule has 4 heterocycles. The van der Waals surface area contributed by atoms with E-state index >= 15 is 0 Å². The van der Waals surface area contributed by atoms with Gasteiger partial charge in [-0.05, 0) is 42.7 Å². The van der Waals surface area contributed by atoms with Crippen LogP contribution in [0.4, 0.5) is 5.69 Å². The second-order valence-corrected chi connectivity index (χ2v) is 7.63. The molecule has 0 radical (unpaired) electrons. The van der Waals surface area contributed by atoms with Crippen LogP contribution in [0.1, 0.15) is 18.7 Å². The van der Waals surface area contributed by atoms with Crippen LogP contribution >= 0.6 is 0 Å². The van der Waals surface area contributed by atoms with Crippen LogP contribution < -0.4 is 4.90 Å². The Labute approximate surface area is 171 Å². The molecule has 1 aliphatic heterocycles. The summed E-state index contributed by atoms with van der Waals surface area (Å²) in [4.78, 5) is 14.4. The molecule has 5 heteroatoms. The Morgan fingerprint density at radius 1 is 0.897 bits per heavy atom. The van der Waals surface area contributed by atoms with E-state index in [9.17, 15) is 0 Å². The number of nitrogens with one attached hydrogen (secondary N) is 1. The van der Waals surface area contributed by atoms with Gasteiger partial charge in [-0.25, -0.2) is 4.98 Å². The number of nitrogens with zero attached hydrogens (tertiary/aromatic N) is 4. The van der Waals surface area contributed by atoms with Gasteiger partial charge in [0.25, 0.3) is 0 Å². The largest absolute Gasteiger partial charge is 0.372 e. The van der Waals surface area contributed by atoms with Crippen LogP contribution in [-0.4, -0.2) is 32.6 Å². The number of hydrogen-bond donors (Lipinski definition) is 1. The van der Waals surface area contributed by atoms with E-state index in [0.717, 1.165) is 29.9 Å². The van der Waals surface area contributed by atoms with Gasteiger partial charge in [0.05, 0.1) is 0 Å². The lowest BCUT2D eigenvalue weighted by molar-refractivity contribution is 0.681. The Bertz CT molecular complexity index is 1060. The lowest BCUT2D eigenvalue weighted by Gasteiger charge is -2.17. The summed E-state index contributed by atoms with van der Waals surface area (Å²) in [5.74, 6) is 1.02. The summed E-state index contributed by atoms with van der Waals surface area (Å²) in [6.45, 7) is 3.25. The van der Waals surface area contributed by atoms with Gasteiger partial charge in [-0.15, -0.1) is 0 Å². The van der Waals surface area contributed by atoms with Crippen molar-refractivity contribution in [2.45, 2.75) is 25.8 Å². The van der Waals surface area contributed by atoms with Crippen LogP contribution in [0, 0.1) is 0 Å². The van der Waals surface area contributed by atoms with Gasteiger partial charge in [0.15, 0.2) is 0 Å². The summed E-state index contributed by atoms with van der Waals surface area (Å²) in [6.07, 6.45) is 15.3. The quantitative estimate of drug-likeness (QED) is 0.521. The molecule has 0 aliphatic carbocycles. The molecule has 1 aromatic carbocycles. The topological polar surface area (TPSA) is 49.7 Å². The van der Waals surface area contributed by atoms with Crippen molar-refractivity contribution in [3.05, 3.63) is 79.4 Å². The van der Waals surface area contributed by atoms with Crippen molar-refractivity contribution < 1.29 is 0 Å². The Morgan fingerprint density at radius 3 is 2.45 bits per heavy atom. The Kier molecular flexibility index (Phi) is 4.87. The van der Waals surface area contributed by atoms with E-state index in [-0.39, 0.29) is 0 Å². The van der Waals surface area contributed by atoms with Crippen LogP contribution in [0.5, 0.6) is 0 Å². The number of pyridine rings is 1. The van der Waals surface area contributed by atoms with E-state index in [0.29, 0.717) is 0 Å². The minimum atomic E-state index is 0.892. The highest BCUT2D eigenvalue weighted by atomic mass is 15.1. The van der Waals surface area contributed by atoms with E-state index in [2.05, 4.69) is 73.2 Å². The zero-order valence-electron chi connectivity index (χ0n) is 16.5. The van der Waals surface area contributed by atoms with Crippen molar-refractivity contribution in [2.24, 2.45) is 0 Å². The fraction of sp³-hybridized carbons (Fsp3) is 0.250. The summed E-state index contributed by atoms with van der Waals surface area (Å²) in [6, 6.07) is 13.3. The number of aromatic amines is 1. The number of aromatic nitrogens is 4. The molecule has 1 fully saturated rings. The highest BCUT2D eigenvalue weighted by molar-refractivity contribution is 5.72. The third-order valence-electron chi connectivity index (χ3n) is 5.66. The fourth-order valence-electron chi connectivity index (χ4n) is 4.02. The molecule has 29 heavy (non-hydrogen) atoms. The molecule has 0 amide bonds. The molecule has 0 unspecified atom stereocenters. The first-order chi connectivity index (χ1) is 14.3. The third-order valence-corrected chi connectivity index (χ3v) is 5.66. The fourth-order valence-corrected chi connectivity index (χ4v) is 4.02. The predicted octanol–water partition coefficient (Wildman–Crippen LogP) is 4.78. The molecular weight excluding hydrogens is 358 g/mol. The molecule has 1 N–H and O–H groups in total. The van der Waals surface area contributed by atoms with Crippen LogP contribution in [0.2, 0.25) is 0 Å². The molecule has 5 rings (SSSR count). The molecule has 1 saturated heterocycles. The predicted molar refractivity (Wildman–Crippen MR) is 117 cm³/mol. The van der Waals surface area contributed by atoms with Crippen molar-refractivity contribution >= 4 is 5.69 Å². The molecule has 146 valence electrons. The lowest BCUT2D eigenvalue weighted by Crippen LogP contribution is -2.17. The third kappa shape index (κ3) is 3.94. The number of imidazole rings is 1. The van der Waals surface area contributed by atoms with Gasteiger partial charge in [0.1, 0.15) is 5.82 Å². The van der Waals surface area contributed by atoms with E-state index < -0.39 is 0 Å². The zero-order valence-corrected chi connectivity index (χ0v) is 16.5. The molecule has 3 aromatic heterocycles. The number of anilines is 1. The van der Waals surface area contributed by atoms with Crippen molar-refractivity contribution in [3.63, 3.8) is 0 Å². The first-order valence-corrected chi connectivity index (χ1v) is 10.3. The molecule has 5 nitrogen and oxygen atoms in total. The Morgan fingerprint density at radius 2 is 1.69 bits per heavy atom. The van der Waals surface area contributed by atoms with Gasteiger partial charge < -0.3 is 14.5 Å². The summed E-state index contributed by atoms with van der Waals surface area (Å²) < 4.78 is 2.20. The second-order valence-electron chi connectivity index (χ2n) is 7.63. The van der Waals surface area contributed by atoms with Gasteiger partial charge in [0.2, 0.25) is 0 Å². The number of benzene rings is 1. The Balaban J connectivity index is 1.32. The van der Waals surface area contributed by atoms with Crippen molar-refractivity contribution in [3.8, 4) is 22.3 Å². The summed E-state index contributed by atoms with van der Waals surface area (Å²) in [7, 11) is 0. The standard InChI is InChI=1S/C24H25N5/c1-2-12-29(11-1)23-5-3-19(4-6-23)21-15-22(17-25-16-21)20-7-13-28(18-20)14-8-24-26-9-10-27-24/h3-7,9-10,13,15-18H,1-2,8,11-12,14H2,(H,26,27). The van der Waals surface area contributed by atoms with Crippen molar-refractivity contribution in [1.82, 2.24) is 19.5 Å². The van der Waals surface area contributed by atoms with Gasteiger partial charge in [-0.3, -0.25) is 4.98 Å². The summed E-state index contributed by atoms with van der Waals surface area (Å²) >= 11 is 0. The molecule has 0 saturated carbocycles. The molecular formula is C24H25N5. The van der Waals surface area contributed by atoms with Crippen molar-refractivity contribution in [1.29, 1.82) is 0 Å². The average Bonchev–Trinajstić information content (AvgIpc) is 3.55. The van der Waals surface area contributed by atoms with Gasteiger partial charge in [0, 0.05) is 85.6 Å². The average molecular weight is 383 g/mol. The highest BCUT2D eigenvalue weighted by Crippen LogP contribution is 2.28. The number of hydrogen-bond acceptors (Lipinski definition) is 3. The van der Waals surface area contributed by atoms with Crippen LogP contribution in [0.3, 0.4) is 0 Å². The summed E-state index contributed by atoms with van der Waals surface area (Å²) in [5.41, 5.74) is 6.01. The zero-order chi connectivity index (χ0) is 19.5. The van der Waals surface area contributed by atoms with Crippen LogP contribution in [0.15, 0.2) is 73.6 Å². The number of aryl methyl sites for hydroxylation is 2. The van der Waals surface area contributed by atoms with E-state index in [1.807, 2.05) is 18.6 Å².